The second-order valence-corrected chi connectivity index (χ2v) is 9.44. The standard InChI is InChI=1S/C20H15N5OS3/c1-12(29-20-21-11-25(24-20)13-6-3-2-4-7-13)17-22-18(26)16-14(10-28-19(16)23-17)15-8-5-9-27-15/h2-12H,1H3,(H,22,23,26). The first-order valence-electron chi connectivity index (χ1n) is 8.88. The molecule has 0 aliphatic heterocycles. The zero-order valence-electron chi connectivity index (χ0n) is 15.3. The van der Waals surface area contributed by atoms with Crippen LogP contribution in [-0.2, 0) is 0 Å². The van der Waals surface area contributed by atoms with E-state index in [0.717, 1.165) is 21.0 Å². The van der Waals surface area contributed by atoms with Crippen molar-refractivity contribution in [2.75, 3.05) is 0 Å². The summed E-state index contributed by atoms with van der Waals surface area (Å²) in [5.74, 6) is 0.628. The van der Waals surface area contributed by atoms with Gasteiger partial charge in [-0.05, 0) is 30.5 Å². The van der Waals surface area contributed by atoms with E-state index in [0.29, 0.717) is 16.4 Å². The lowest BCUT2D eigenvalue weighted by Gasteiger charge is -2.08. The molecule has 144 valence electrons. The van der Waals surface area contributed by atoms with Crippen LogP contribution in [0.2, 0.25) is 0 Å². The summed E-state index contributed by atoms with van der Waals surface area (Å²) in [5, 5.41) is 9.73. The van der Waals surface area contributed by atoms with E-state index in [9.17, 15) is 4.79 Å². The van der Waals surface area contributed by atoms with Crippen molar-refractivity contribution in [3.63, 3.8) is 0 Å². The highest BCUT2D eigenvalue weighted by Crippen LogP contribution is 2.35. The highest BCUT2D eigenvalue weighted by molar-refractivity contribution is 7.99. The Morgan fingerprint density at radius 1 is 1.14 bits per heavy atom. The SMILES string of the molecule is CC(Sc1ncn(-c2ccccc2)n1)c1nc2scc(-c3cccs3)c2c(=O)[nH]1. The van der Waals surface area contributed by atoms with Crippen molar-refractivity contribution in [2.24, 2.45) is 0 Å². The number of hydrogen-bond donors (Lipinski definition) is 1. The van der Waals surface area contributed by atoms with E-state index in [4.69, 9.17) is 4.98 Å². The molecular weight excluding hydrogens is 422 g/mol. The Hall–Kier alpha value is -2.75. The third-order valence-corrected chi connectivity index (χ3v) is 7.16. The summed E-state index contributed by atoms with van der Waals surface area (Å²) in [7, 11) is 0. The van der Waals surface area contributed by atoms with Crippen LogP contribution >= 0.6 is 34.4 Å². The van der Waals surface area contributed by atoms with Gasteiger partial charge in [0, 0.05) is 15.8 Å². The molecule has 1 aromatic carbocycles. The van der Waals surface area contributed by atoms with E-state index >= 15 is 0 Å². The molecule has 4 heterocycles. The molecule has 0 saturated heterocycles. The van der Waals surface area contributed by atoms with E-state index in [-0.39, 0.29) is 10.8 Å². The van der Waals surface area contributed by atoms with Crippen molar-refractivity contribution in [2.45, 2.75) is 17.3 Å². The fourth-order valence-electron chi connectivity index (χ4n) is 2.99. The summed E-state index contributed by atoms with van der Waals surface area (Å²) < 4.78 is 1.74. The Morgan fingerprint density at radius 2 is 2.00 bits per heavy atom. The van der Waals surface area contributed by atoms with Crippen molar-refractivity contribution < 1.29 is 0 Å². The smallest absolute Gasteiger partial charge is 0.260 e. The number of thiophene rings is 2. The summed E-state index contributed by atoms with van der Waals surface area (Å²) in [4.78, 5) is 26.7. The Kier molecular flexibility index (Phi) is 4.78. The number of nitrogens with one attached hydrogen (secondary N) is 1. The number of thioether (sulfide) groups is 1. The molecule has 9 heteroatoms. The van der Waals surface area contributed by atoms with Crippen LogP contribution in [0.15, 0.2) is 69.5 Å². The molecular formula is C20H15N5OS3. The van der Waals surface area contributed by atoms with Crippen molar-refractivity contribution in [1.29, 1.82) is 0 Å². The van der Waals surface area contributed by atoms with Crippen molar-refractivity contribution >= 4 is 44.7 Å². The van der Waals surface area contributed by atoms with Gasteiger partial charge in [-0.3, -0.25) is 4.79 Å². The largest absolute Gasteiger partial charge is 0.309 e. The number of fused-ring (bicyclic) bond motifs is 1. The number of H-pyrrole nitrogens is 1. The van der Waals surface area contributed by atoms with Gasteiger partial charge in [0.2, 0.25) is 5.16 Å². The molecule has 29 heavy (non-hydrogen) atoms. The third-order valence-electron chi connectivity index (χ3n) is 4.41. The average molecular weight is 438 g/mol. The van der Waals surface area contributed by atoms with Crippen LogP contribution in [0, 0.1) is 0 Å². The van der Waals surface area contributed by atoms with E-state index in [1.807, 2.05) is 60.1 Å². The second-order valence-electron chi connectivity index (χ2n) is 6.33. The lowest BCUT2D eigenvalue weighted by atomic mass is 10.2. The van der Waals surface area contributed by atoms with Gasteiger partial charge in [0.25, 0.3) is 5.56 Å². The highest BCUT2D eigenvalue weighted by Gasteiger charge is 2.18. The monoisotopic (exact) mass is 437 g/mol. The van der Waals surface area contributed by atoms with Gasteiger partial charge >= 0.3 is 0 Å². The number of aromatic amines is 1. The number of aromatic nitrogens is 5. The van der Waals surface area contributed by atoms with Crippen LogP contribution in [0.4, 0.5) is 0 Å². The van der Waals surface area contributed by atoms with E-state index in [1.54, 1.807) is 22.3 Å². The molecule has 5 rings (SSSR count). The zero-order valence-corrected chi connectivity index (χ0v) is 17.7. The van der Waals surface area contributed by atoms with Crippen LogP contribution in [-0.4, -0.2) is 24.7 Å². The lowest BCUT2D eigenvalue weighted by Crippen LogP contribution is -2.12. The predicted molar refractivity (Wildman–Crippen MR) is 119 cm³/mol. The number of hydrogen-bond acceptors (Lipinski definition) is 7. The first kappa shape index (κ1) is 18.3. The van der Waals surface area contributed by atoms with E-state index in [2.05, 4.69) is 15.1 Å². The minimum Gasteiger partial charge on any atom is -0.309 e. The third kappa shape index (κ3) is 3.52. The van der Waals surface area contributed by atoms with Gasteiger partial charge in [-0.1, -0.05) is 36.0 Å². The quantitative estimate of drug-likeness (QED) is 0.385. The average Bonchev–Trinajstić information content (AvgIpc) is 3.49. The Balaban J connectivity index is 1.42. The second kappa shape index (κ2) is 7.58. The van der Waals surface area contributed by atoms with Gasteiger partial charge < -0.3 is 4.98 Å². The first-order chi connectivity index (χ1) is 14.2. The summed E-state index contributed by atoms with van der Waals surface area (Å²) in [6.45, 7) is 1.99. The maximum absolute atomic E-state index is 12.8. The van der Waals surface area contributed by atoms with Crippen molar-refractivity contribution in [1.82, 2.24) is 24.7 Å². The highest BCUT2D eigenvalue weighted by atomic mass is 32.2. The summed E-state index contributed by atoms with van der Waals surface area (Å²) in [6.07, 6.45) is 1.69. The van der Waals surface area contributed by atoms with Crippen LogP contribution in [0.5, 0.6) is 0 Å². The van der Waals surface area contributed by atoms with Crippen LogP contribution in [0.1, 0.15) is 18.0 Å². The molecule has 0 amide bonds. The molecule has 1 N–H and O–H groups in total. The maximum Gasteiger partial charge on any atom is 0.260 e. The maximum atomic E-state index is 12.8. The minimum atomic E-state index is -0.107. The molecule has 1 atom stereocenters. The van der Waals surface area contributed by atoms with Crippen molar-refractivity contribution in [3.8, 4) is 16.1 Å². The zero-order chi connectivity index (χ0) is 19.8. The predicted octanol–water partition coefficient (Wildman–Crippen LogP) is 5.15. The molecule has 1 unspecified atom stereocenters. The van der Waals surface area contributed by atoms with Gasteiger partial charge in [-0.2, -0.15) is 0 Å². The number of nitrogens with zero attached hydrogens (tertiary/aromatic N) is 4. The lowest BCUT2D eigenvalue weighted by molar-refractivity contribution is 0.829. The number of rotatable bonds is 5. The molecule has 4 aromatic heterocycles. The minimum absolute atomic E-state index is 0.0917. The molecule has 6 nitrogen and oxygen atoms in total. The first-order valence-corrected chi connectivity index (χ1v) is 11.5. The normalized spacial score (nSPS) is 12.4. The van der Waals surface area contributed by atoms with Crippen molar-refractivity contribution in [3.05, 3.63) is 75.7 Å². The molecule has 5 aromatic rings. The van der Waals surface area contributed by atoms with Gasteiger partial charge in [-0.25, -0.2) is 14.6 Å². The molecule has 0 spiro atoms. The molecule has 0 aliphatic rings. The fourth-order valence-corrected chi connectivity index (χ4v) is 5.54. The number of benzene rings is 1. The summed E-state index contributed by atoms with van der Waals surface area (Å²) in [6, 6.07) is 13.8. The van der Waals surface area contributed by atoms with Gasteiger partial charge in [0.1, 0.15) is 17.0 Å². The van der Waals surface area contributed by atoms with Gasteiger partial charge in [-0.15, -0.1) is 27.8 Å². The van der Waals surface area contributed by atoms with Gasteiger partial charge in [0.15, 0.2) is 0 Å². The fraction of sp³-hybridized carbons (Fsp3) is 0.100. The van der Waals surface area contributed by atoms with Gasteiger partial charge in [0.05, 0.1) is 16.3 Å². The Morgan fingerprint density at radius 3 is 2.79 bits per heavy atom. The molecule has 0 radical (unpaired) electrons. The molecule has 0 fully saturated rings. The topological polar surface area (TPSA) is 76.5 Å². The molecule has 0 aliphatic carbocycles. The van der Waals surface area contributed by atoms with Crippen LogP contribution < -0.4 is 5.56 Å². The van der Waals surface area contributed by atoms with Crippen LogP contribution in [0.3, 0.4) is 0 Å². The number of para-hydroxylation sites is 1. The molecule has 0 saturated carbocycles. The Bertz CT molecular complexity index is 1320. The van der Waals surface area contributed by atoms with E-state index < -0.39 is 0 Å². The Labute approximate surface area is 178 Å². The summed E-state index contributed by atoms with van der Waals surface area (Å²) in [5.41, 5.74) is 1.79. The van der Waals surface area contributed by atoms with Crippen LogP contribution in [0.25, 0.3) is 26.3 Å². The van der Waals surface area contributed by atoms with E-state index in [1.165, 1.54) is 23.1 Å². The summed E-state index contributed by atoms with van der Waals surface area (Å²) >= 11 is 4.58. The molecule has 0 bridgehead atoms.